The van der Waals surface area contributed by atoms with Gasteiger partial charge in [-0.3, -0.25) is 0 Å². The third kappa shape index (κ3) is 13.0. The van der Waals surface area contributed by atoms with Gasteiger partial charge in [0.15, 0.2) is 0 Å². The fraction of sp³-hybridized carbons (Fsp3) is 0.600. The predicted octanol–water partition coefficient (Wildman–Crippen LogP) is 5.26. The van der Waals surface area contributed by atoms with E-state index < -0.39 is 0 Å². The molecule has 0 atom stereocenters. The molecule has 0 aliphatic carbocycles. The number of hydrogen-bond donors (Lipinski definition) is 0. The van der Waals surface area contributed by atoms with Gasteiger partial charge in [0.2, 0.25) is 0 Å². The van der Waals surface area contributed by atoms with Gasteiger partial charge in [-0.05, 0) is 38.8 Å². The van der Waals surface area contributed by atoms with E-state index >= 15 is 0 Å². The topological polar surface area (TPSA) is 9.23 Å². The van der Waals surface area contributed by atoms with Gasteiger partial charge in [-0.1, -0.05) is 45.4 Å². The molecule has 0 N–H and O–H groups in total. The van der Waals surface area contributed by atoms with Gasteiger partial charge in [-0.25, -0.2) is 0 Å². The second-order valence-electron chi connectivity index (χ2n) is 3.79. The van der Waals surface area contributed by atoms with Crippen molar-refractivity contribution in [3.05, 3.63) is 35.6 Å². The van der Waals surface area contributed by atoms with Crippen molar-refractivity contribution in [3.63, 3.8) is 0 Å². The van der Waals surface area contributed by atoms with Crippen LogP contribution < -0.4 is 0 Å². The van der Waals surface area contributed by atoms with Crippen molar-refractivity contribution < 1.29 is 4.74 Å². The van der Waals surface area contributed by atoms with Crippen molar-refractivity contribution in [2.45, 2.75) is 54.4 Å². The molecule has 0 saturated heterocycles. The molecule has 0 aromatic rings. The lowest BCUT2D eigenvalue weighted by Crippen LogP contribution is -1.91. The smallest absolute Gasteiger partial charge is 0.108 e. The summed E-state index contributed by atoms with van der Waals surface area (Å²) < 4.78 is 5.45. The molecule has 0 heterocycles. The Kier molecular flexibility index (Phi) is 13.2. The predicted molar refractivity (Wildman–Crippen MR) is 74.5 cm³/mol. The Morgan fingerprint density at radius 2 is 1.69 bits per heavy atom. The largest absolute Gasteiger partial charge is 0.494 e. The van der Waals surface area contributed by atoms with Crippen LogP contribution in [-0.2, 0) is 4.74 Å². The van der Waals surface area contributed by atoms with Crippen molar-refractivity contribution >= 4 is 0 Å². The highest BCUT2D eigenvalue weighted by atomic mass is 16.5. The molecule has 0 aromatic carbocycles. The molecule has 0 bridgehead atoms. The third-order valence-electron chi connectivity index (χ3n) is 1.79. The number of ether oxygens (including phenoxy) is 1. The highest BCUT2D eigenvalue weighted by Crippen LogP contribution is 2.05. The van der Waals surface area contributed by atoms with Crippen LogP contribution in [0, 0.1) is 0 Å². The molecule has 0 aliphatic rings. The van der Waals surface area contributed by atoms with E-state index in [9.17, 15) is 0 Å². The molecule has 16 heavy (non-hydrogen) atoms. The quantitative estimate of drug-likeness (QED) is 0.340. The number of allylic oxidation sites excluding steroid dienone is 4. The Hall–Kier alpha value is -0.980. The van der Waals surface area contributed by atoms with Crippen molar-refractivity contribution in [2.75, 3.05) is 6.61 Å². The van der Waals surface area contributed by atoms with E-state index in [1.165, 1.54) is 12.0 Å². The maximum Gasteiger partial charge on any atom is 0.108 e. The zero-order valence-electron chi connectivity index (χ0n) is 11.9. The van der Waals surface area contributed by atoms with Crippen LogP contribution in [0.1, 0.15) is 54.4 Å². The molecular weight excluding hydrogens is 196 g/mol. The van der Waals surface area contributed by atoms with Gasteiger partial charge in [0.25, 0.3) is 0 Å². The van der Waals surface area contributed by atoms with E-state index in [2.05, 4.69) is 26.5 Å². The fourth-order valence-corrected chi connectivity index (χ4v) is 1.02. The fourth-order valence-electron chi connectivity index (χ4n) is 1.02. The molecule has 0 radical (unpaired) electrons. The second-order valence-corrected chi connectivity index (χ2v) is 3.79. The van der Waals surface area contributed by atoms with Crippen molar-refractivity contribution in [1.29, 1.82) is 0 Å². The average Bonchev–Trinajstić information content (AvgIpc) is 2.26. The van der Waals surface area contributed by atoms with Crippen LogP contribution in [0.4, 0.5) is 0 Å². The van der Waals surface area contributed by atoms with Crippen molar-refractivity contribution in [2.24, 2.45) is 0 Å². The van der Waals surface area contributed by atoms with Crippen LogP contribution in [-0.4, -0.2) is 6.61 Å². The third-order valence-corrected chi connectivity index (χ3v) is 1.79. The summed E-state index contributed by atoms with van der Waals surface area (Å²) in [4.78, 5) is 0. The summed E-state index contributed by atoms with van der Waals surface area (Å²) in [6, 6.07) is 0. The van der Waals surface area contributed by atoms with Crippen LogP contribution in [0.2, 0.25) is 0 Å². The Bertz CT molecular complexity index is 234. The Morgan fingerprint density at radius 3 is 2.12 bits per heavy atom. The monoisotopic (exact) mass is 224 g/mol. The molecule has 1 heteroatoms. The standard InChI is InChI=1S/C13H22O.C2H6/c1-6-7-12(4)8-9-13(5)14-10-11(2)3;1-2/h8-9H,2,6-7,10H2,1,3-5H3;1-2H3/b12-8+,13-9+;. The van der Waals surface area contributed by atoms with Gasteiger partial charge in [-0.15, -0.1) is 0 Å². The molecule has 0 aliphatic heterocycles. The first-order chi connectivity index (χ1) is 7.56. The summed E-state index contributed by atoms with van der Waals surface area (Å²) in [6.45, 7) is 16.7. The summed E-state index contributed by atoms with van der Waals surface area (Å²) in [5, 5.41) is 0. The van der Waals surface area contributed by atoms with Crippen LogP contribution in [0.3, 0.4) is 0 Å². The first kappa shape index (κ1) is 17.4. The molecule has 0 unspecified atom stereocenters. The summed E-state index contributed by atoms with van der Waals surface area (Å²) >= 11 is 0. The Balaban J connectivity index is 0. The van der Waals surface area contributed by atoms with E-state index in [1.54, 1.807) is 0 Å². The molecule has 0 rings (SSSR count). The minimum absolute atomic E-state index is 0.614. The minimum Gasteiger partial charge on any atom is -0.494 e. The maximum absolute atomic E-state index is 5.45. The zero-order valence-corrected chi connectivity index (χ0v) is 11.9. The average molecular weight is 224 g/mol. The SMILES string of the molecule is C=C(C)CO/C(C)=C/C=C(\C)CCC.CC. The molecular formula is C15H28O. The summed E-state index contributed by atoms with van der Waals surface area (Å²) in [6.07, 6.45) is 6.50. The van der Waals surface area contributed by atoms with E-state index in [0.717, 1.165) is 17.8 Å². The lowest BCUT2D eigenvalue weighted by Gasteiger charge is -2.04. The van der Waals surface area contributed by atoms with Gasteiger partial charge in [-0.2, -0.15) is 0 Å². The van der Waals surface area contributed by atoms with E-state index in [-0.39, 0.29) is 0 Å². The summed E-state index contributed by atoms with van der Waals surface area (Å²) in [7, 11) is 0. The van der Waals surface area contributed by atoms with Gasteiger partial charge in [0.05, 0.1) is 5.76 Å². The molecule has 0 fully saturated rings. The molecule has 1 nitrogen and oxygen atoms in total. The first-order valence-electron chi connectivity index (χ1n) is 6.17. The van der Waals surface area contributed by atoms with E-state index in [4.69, 9.17) is 4.74 Å². The Morgan fingerprint density at radius 1 is 1.12 bits per heavy atom. The van der Waals surface area contributed by atoms with Gasteiger partial charge in [0.1, 0.15) is 6.61 Å². The highest BCUT2D eigenvalue weighted by Gasteiger charge is 1.89. The highest BCUT2D eigenvalue weighted by molar-refractivity contribution is 5.12. The lowest BCUT2D eigenvalue weighted by molar-refractivity contribution is 0.242. The molecule has 0 saturated carbocycles. The lowest BCUT2D eigenvalue weighted by atomic mass is 10.1. The second kappa shape index (κ2) is 12.1. The normalized spacial score (nSPS) is 11.6. The molecule has 94 valence electrons. The maximum atomic E-state index is 5.45. The summed E-state index contributed by atoms with van der Waals surface area (Å²) in [5.41, 5.74) is 2.44. The van der Waals surface area contributed by atoms with Gasteiger partial charge >= 0.3 is 0 Å². The van der Waals surface area contributed by atoms with Crippen LogP contribution in [0.25, 0.3) is 0 Å². The van der Waals surface area contributed by atoms with Crippen molar-refractivity contribution in [3.8, 4) is 0 Å². The summed E-state index contributed by atoms with van der Waals surface area (Å²) in [5.74, 6) is 0.948. The Labute approximate surface area is 102 Å². The molecule has 0 spiro atoms. The van der Waals surface area contributed by atoms with E-state index in [1.807, 2.05) is 33.8 Å². The zero-order chi connectivity index (χ0) is 13.0. The first-order valence-corrected chi connectivity index (χ1v) is 6.17. The van der Waals surface area contributed by atoms with Crippen LogP contribution in [0.15, 0.2) is 35.6 Å². The molecule has 0 amide bonds. The van der Waals surface area contributed by atoms with Gasteiger partial charge < -0.3 is 4.74 Å². The van der Waals surface area contributed by atoms with Gasteiger partial charge in [0, 0.05) is 0 Å². The number of hydrogen-bond acceptors (Lipinski definition) is 1. The van der Waals surface area contributed by atoms with Crippen LogP contribution >= 0.6 is 0 Å². The van der Waals surface area contributed by atoms with Crippen molar-refractivity contribution in [1.82, 2.24) is 0 Å². The minimum atomic E-state index is 0.614. The van der Waals surface area contributed by atoms with E-state index in [0.29, 0.717) is 6.61 Å². The number of rotatable bonds is 6. The van der Waals surface area contributed by atoms with Crippen LogP contribution in [0.5, 0.6) is 0 Å². The molecule has 0 aromatic heterocycles.